The van der Waals surface area contributed by atoms with E-state index in [0.29, 0.717) is 24.7 Å². The molecule has 7 heteroatoms. The van der Waals surface area contributed by atoms with Crippen LogP contribution in [0, 0.1) is 0 Å². The fourth-order valence-corrected chi connectivity index (χ4v) is 1.82. The zero-order chi connectivity index (χ0) is 14.1. The van der Waals surface area contributed by atoms with Gasteiger partial charge in [0, 0.05) is 12.8 Å². The molecule has 1 aromatic carbocycles. The van der Waals surface area contributed by atoms with Crippen LogP contribution in [0.25, 0.3) is 0 Å². The zero-order valence-electron chi connectivity index (χ0n) is 11.1. The van der Waals surface area contributed by atoms with Crippen LogP contribution in [0.1, 0.15) is 6.92 Å². The van der Waals surface area contributed by atoms with Gasteiger partial charge in [0.05, 0.1) is 19.0 Å². The van der Waals surface area contributed by atoms with Crippen molar-refractivity contribution in [1.82, 2.24) is 0 Å². The average molecular weight is 289 g/mol. The first-order chi connectivity index (χ1) is 9.07. The van der Waals surface area contributed by atoms with E-state index in [0.717, 1.165) is 0 Å². The smallest absolute Gasteiger partial charge is 0.232 e. The van der Waals surface area contributed by atoms with Crippen LogP contribution in [0.5, 0.6) is 5.75 Å². The molecule has 1 aromatic rings. The monoisotopic (exact) mass is 289 g/mol. The van der Waals surface area contributed by atoms with E-state index in [2.05, 4.69) is 4.72 Å². The molecule has 0 aromatic heterocycles. The number of anilines is 1. The van der Waals surface area contributed by atoms with Gasteiger partial charge in [-0.1, -0.05) is 0 Å². The molecule has 0 unspecified atom stereocenters. The van der Waals surface area contributed by atoms with Crippen molar-refractivity contribution in [2.45, 2.75) is 6.92 Å². The third-order valence-electron chi connectivity index (χ3n) is 2.25. The summed E-state index contributed by atoms with van der Waals surface area (Å²) in [6.45, 7) is 2.69. The van der Waals surface area contributed by atoms with E-state index in [-0.39, 0.29) is 12.5 Å². The molecule has 0 fully saturated rings. The van der Waals surface area contributed by atoms with Crippen molar-refractivity contribution < 1.29 is 22.6 Å². The fourth-order valence-electron chi connectivity index (χ4n) is 1.18. The molecule has 0 spiro atoms. The number of rotatable bonds is 9. The second-order valence-corrected chi connectivity index (χ2v) is 5.70. The zero-order valence-corrected chi connectivity index (χ0v) is 11.9. The van der Waals surface area contributed by atoms with E-state index in [1.807, 2.05) is 0 Å². The van der Waals surface area contributed by atoms with Gasteiger partial charge in [-0.15, -0.1) is 0 Å². The number of hydrogen-bond donors (Lipinski definition) is 1. The Morgan fingerprint density at radius 2 is 1.84 bits per heavy atom. The Morgan fingerprint density at radius 3 is 2.42 bits per heavy atom. The first-order valence-corrected chi connectivity index (χ1v) is 7.52. The molecule has 0 radical (unpaired) electrons. The van der Waals surface area contributed by atoms with Crippen LogP contribution in [-0.2, 0) is 19.5 Å². The number of sulfonamides is 1. The topological polar surface area (TPSA) is 73.9 Å². The van der Waals surface area contributed by atoms with Crippen LogP contribution in [0.15, 0.2) is 24.3 Å². The van der Waals surface area contributed by atoms with Gasteiger partial charge in [-0.3, -0.25) is 4.72 Å². The molecule has 0 aliphatic heterocycles. The summed E-state index contributed by atoms with van der Waals surface area (Å²) in [5.74, 6) is 0.648. The minimum Gasteiger partial charge on any atom is -0.468 e. The van der Waals surface area contributed by atoms with Gasteiger partial charge < -0.3 is 14.2 Å². The van der Waals surface area contributed by atoms with Gasteiger partial charge >= 0.3 is 0 Å². The first-order valence-electron chi connectivity index (χ1n) is 5.87. The molecule has 0 heterocycles. The molecule has 1 N–H and O–H groups in total. The van der Waals surface area contributed by atoms with Gasteiger partial charge in [-0.25, -0.2) is 8.42 Å². The van der Waals surface area contributed by atoms with Gasteiger partial charge in [0.2, 0.25) is 10.0 Å². The quantitative estimate of drug-likeness (QED) is 0.550. The molecule has 0 amide bonds. The van der Waals surface area contributed by atoms with Gasteiger partial charge in [-0.05, 0) is 31.2 Å². The average Bonchev–Trinajstić information content (AvgIpc) is 2.40. The van der Waals surface area contributed by atoms with Gasteiger partial charge in [-0.2, -0.15) is 0 Å². The van der Waals surface area contributed by atoms with Gasteiger partial charge in [0.25, 0.3) is 0 Å². The van der Waals surface area contributed by atoms with E-state index >= 15 is 0 Å². The maximum absolute atomic E-state index is 11.4. The molecule has 0 aliphatic rings. The van der Waals surface area contributed by atoms with E-state index in [9.17, 15) is 8.42 Å². The fraction of sp³-hybridized carbons (Fsp3) is 0.500. The van der Waals surface area contributed by atoms with Crippen molar-refractivity contribution in [3.05, 3.63) is 24.3 Å². The predicted octanol–water partition coefficient (Wildman–Crippen LogP) is 1.45. The lowest BCUT2D eigenvalue weighted by molar-refractivity contribution is -0.00846. The molecule has 19 heavy (non-hydrogen) atoms. The molecule has 6 nitrogen and oxygen atoms in total. The van der Waals surface area contributed by atoms with Crippen LogP contribution < -0.4 is 9.46 Å². The maximum Gasteiger partial charge on any atom is 0.232 e. The Labute approximate surface area is 113 Å². The molecule has 0 saturated carbocycles. The Morgan fingerprint density at radius 1 is 1.16 bits per heavy atom. The summed E-state index contributed by atoms with van der Waals surface area (Å²) in [6, 6.07) is 6.62. The van der Waals surface area contributed by atoms with Crippen LogP contribution in [-0.4, -0.2) is 41.3 Å². The van der Waals surface area contributed by atoms with E-state index in [1.165, 1.54) is 0 Å². The molecule has 0 aliphatic carbocycles. The molecule has 1 rings (SSSR count). The van der Waals surface area contributed by atoms with E-state index in [4.69, 9.17) is 14.2 Å². The highest BCUT2D eigenvalue weighted by Crippen LogP contribution is 2.16. The Bertz CT molecular complexity index is 458. The van der Waals surface area contributed by atoms with E-state index in [1.54, 1.807) is 38.3 Å². The second kappa shape index (κ2) is 7.98. The standard InChI is InChI=1S/C12H19NO5S/c1-3-19(14,15)13-11-4-6-12(7-5-11)18-10-17-9-8-16-2/h4-7,13H,3,8-10H2,1-2H3. The highest BCUT2D eigenvalue weighted by Gasteiger charge is 2.06. The summed E-state index contributed by atoms with van der Waals surface area (Å²) < 4.78 is 40.4. The van der Waals surface area contributed by atoms with Crippen molar-refractivity contribution in [2.75, 3.05) is 37.6 Å². The van der Waals surface area contributed by atoms with Crippen molar-refractivity contribution in [3.63, 3.8) is 0 Å². The first kappa shape index (κ1) is 15.7. The summed E-state index contributed by atoms with van der Waals surface area (Å²) in [5.41, 5.74) is 0.509. The lowest BCUT2D eigenvalue weighted by Crippen LogP contribution is -2.14. The van der Waals surface area contributed by atoms with Crippen LogP contribution in [0.2, 0.25) is 0 Å². The van der Waals surface area contributed by atoms with Crippen molar-refractivity contribution in [2.24, 2.45) is 0 Å². The third kappa shape index (κ3) is 6.42. The van der Waals surface area contributed by atoms with E-state index < -0.39 is 10.0 Å². The Balaban J connectivity index is 2.39. The largest absolute Gasteiger partial charge is 0.468 e. The number of hydrogen-bond acceptors (Lipinski definition) is 5. The van der Waals surface area contributed by atoms with Crippen molar-refractivity contribution >= 4 is 15.7 Å². The summed E-state index contributed by atoms with van der Waals surface area (Å²) in [6.07, 6.45) is 0. The molecule has 108 valence electrons. The second-order valence-electron chi connectivity index (χ2n) is 3.69. The van der Waals surface area contributed by atoms with Gasteiger partial charge in [0.15, 0.2) is 6.79 Å². The molecular formula is C12H19NO5S. The summed E-state index contributed by atoms with van der Waals surface area (Å²) in [7, 11) is -1.64. The predicted molar refractivity (Wildman–Crippen MR) is 72.8 cm³/mol. The van der Waals surface area contributed by atoms with Crippen LogP contribution in [0.3, 0.4) is 0 Å². The number of nitrogens with one attached hydrogen (secondary N) is 1. The Hall–Kier alpha value is -1.31. The molecule has 0 saturated heterocycles. The summed E-state index contributed by atoms with van der Waals surface area (Å²) in [4.78, 5) is 0. The summed E-state index contributed by atoms with van der Waals surface area (Å²) >= 11 is 0. The van der Waals surface area contributed by atoms with Crippen LogP contribution in [0.4, 0.5) is 5.69 Å². The lowest BCUT2D eigenvalue weighted by Gasteiger charge is -2.09. The maximum atomic E-state index is 11.4. The third-order valence-corrected chi connectivity index (χ3v) is 3.56. The summed E-state index contributed by atoms with van der Waals surface area (Å²) in [5, 5.41) is 0. The van der Waals surface area contributed by atoms with Crippen molar-refractivity contribution in [1.29, 1.82) is 0 Å². The van der Waals surface area contributed by atoms with Gasteiger partial charge in [0.1, 0.15) is 5.75 Å². The minimum absolute atomic E-state index is 0.0403. The van der Waals surface area contributed by atoms with Crippen LogP contribution >= 0.6 is 0 Å². The minimum atomic E-state index is -3.24. The Kier molecular flexibility index (Phi) is 6.61. The SMILES string of the molecule is CCS(=O)(=O)Nc1ccc(OCOCCOC)cc1. The van der Waals surface area contributed by atoms with Crippen molar-refractivity contribution in [3.8, 4) is 5.75 Å². The number of methoxy groups -OCH3 is 1. The molecule has 0 atom stereocenters. The lowest BCUT2D eigenvalue weighted by atomic mass is 10.3. The number of benzene rings is 1. The normalized spacial score (nSPS) is 11.3. The molecular weight excluding hydrogens is 270 g/mol. The number of ether oxygens (including phenoxy) is 3. The highest BCUT2D eigenvalue weighted by atomic mass is 32.2. The highest BCUT2D eigenvalue weighted by molar-refractivity contribution is 7.92. The molecule has 0 bridgehead atoms.